The van der Waals surface area contributed by atoms with E-state index in [1.807, 2.05) is 20.8 Å². The molecular weight excluding hydrogens is 433 g/mol. The van der Waals surface area contributed by atoms with Crippen molar-refractivity contribution in [3.63, 3.8) is 0 Å². The molecule has 7 nitrogen and oxygen atoms in total. The number of alkyl carbamates (subject to hydrolysis) is 1. The van der Waals surface area contributed by atoms with Gasteiger partial charge in [-0.3, -0.25) is 4.99 Å². The first kappa shape index (κ1) is 24.2. The van der Waals surface area contributed by atoms with Crippen LogP contribution in [0.25, 0.3) is 0 Å². The Balaban J connectivity index is 0.00000576. The first-order valence-electron chi connectivity index (χ1n) is 8.94. The monoisotopic (exact) mass is 469 g/mol. The van der Waals surface area contributed by atoms with Crippen LogP contribution in [0.5, 0.6) is 0 Å². The van der Waals surface area contributed by atoms with Gasteiger partial charge in [-0.1, -0.05) is 6.92 Å². The molecule has 0 spiro atoms. The topological polar surface area (TPSA) is 78.0 Å². The molecule has 1 atom stereocenters. The average Bonchev–Trinajstić information content (AvgIpc) is 2.97. The highest BCUT2D eigenvalue weighted by atomic mass is 127. The molecule has 0 aliphatic carbocycles. The fraction of sp³-hybridized carbons (Fsp3) is 0.882. The second-order valence-electron chi connectivity index (χ2n) is 7.42. The molecular formula is C17H36IN5O2. The molecule has 1 saturated heterocycles. The molecule has 1 aliphatic rings. The van der Waals surface area contributed by atoms with Crippen LogP contribution in [0.2, 0.25) is 0 Å². The number of carbonyl (C=O) groups is 1. The highest BCUT2D eigenvalue weighted by Crippen LogP contribution is 2.09. The summed E-state index contributed by atoms with van der Waals surface area (Å²) < 4.78 is 5.18. The maximum absolute atomic E-state index is 11.5. The summed E-state index contributed by atoms with van der Waals surface area (Å²) in [6.45, 7) is 13.3. The zero-order valence-electron chi connectivity index (χ0n) is 16.4. The Bertz CT molecular complexity index is 406. The number of nitrogens with zero attached hydrogens (tertiary/aromatic N) is 2. The number of rotatable bonds is 7. The van der Waals surface area contributed by atoms with Crippen LogP contribution in [0, 0.1) is 5.92 Å². The third kappa shape index (κ3) is 12.3. The number of ether oxygens (including phenoxy) is 1. The smallest absolute Gasteiger partial charge is 0.407 e. The van der Waals surface area contributed by atoms with Gasteiger partial charge in [0.2, 0.25) is 0 Å². The van der Waals surface area contributed by atoms with E-state index in [1.54, 1.807) is 7.05 Å². The summed E-state index contributed by atoms with van der Waals surface area (Å²) in [6.07, 6.45) is 2.26. The number of hydrogen-bond acceptors (Lipinski definition) is 4. The van der Waals surface area contributed by atoms with Gasteiger partial charge in [0.1, 0.15) is 5.60 Å². The van der Waals surface area contributed by atoms with Crippen LogP contribution in [-0.4, -0.2) is 68.9 Å². The molecule has 1 unspecified atom stereocenters. The first-order valence-corrected chi connectivity index (χ1v) is 8.94. The summed E-state index contributed by atoms with van der Waals surface area (Å²) in [5.74, 6) is 1.33. The predicted octanol–water partition coefficient (Wildman–Crippen LogP) is 2.03. The van der Waals surface area contributed by atoms with Crippen molar-refractivity contribution < 1.29 is 9.53 Å². The molecule has 8 heteroatoms. The van der Waals surface area contributed by atoms with Crippen LogP contribution in [0.1, 0.15) is 40.5 Å². The summed E-state index contributed by atoms with van der Waals surface area (Å²) in [7, 11) is 1.75. The molecule has 0 aromatic heterocycles. The molecule has 25 heavy (non-hydrogen) atoms. The summed E-state index contributed by atoms with van der Waals surface area (Å²) >= 11 is 0. The minimum absolute atomic E-state index is 0. The van der Waals surface area contributed by atoms with Crippen LogP contribution < -0.4 is 16.0 Å². The maximum atomic E-state index is 11.5. The number of aliphatic imine (C=N–C) groups is 1. The van der Waals surface area contributed by atoms with Gasteiger partial charge in [0.15, 0.2) is 5.96 Å². The highest BCUT2D eigenvalue weighted by molar-refractivity contribution is 14.0. The van der Waals surface area contributed by atoms with E-state index in [4.69, 9.17) is 4.74 Å². The summed E-state index contributed by atoms with van der Waals surface area (Å²) in [5, 5.41) is 9.25. The van der Waals surface area contributed by atoms with Crippen LogP contribution in [-0.2, 0) is 4.74 Å². The van der Waals surface area contributed by atoms with Crippen LogP contribution in [0.4, 0.5) is 4.79 Å². The van der Waals surface area contributed by atoms with Crippen LogP contribution in [0.3, 0.4) is 0 Å². The number of nitrogens with one attached hydrogen (secondary N) is 3. The van der Waals surface area contributed by atoms with Gasteiger partial charge >= 0.3 is 6.09 Å². The van der Waals surface area contributed by atoms with Gasteiger partial charge in [-0.25, -0.2) is 4.79 Å². The van der Waals surface area contributed by atoms with Crippen molar-refractivity contribution in [2.24, 2.45) is 10.9 Å². The van der Waals surface area contributed by atoms with Crippen LogP contribution >= 0.6 is 24.0 Å². The average molecular weight is 469 g/mol. The Morgan fingerprint density at radius 3 is 2.32 bits per heavy atom. The summed E-state index contributed by atoms with van der Waals surface area (Å²) in [5.41, 5.74) is -0.472. The molecule has 1 amide bonds. The number of hydrogen-bond donors (Lipinski definition) is 3. The van der Waals surface area contributed by atoms with Gasteiger partial charge in [0.25, 0.3) is 0 Å². The quantitative estimate of drug-likeness (QED) is 0.230. The van der Waals surface area contributed by atoms with E-state index >= 15 is 0 Å². The van der Waals surface area contributed by atoms with Crippen molar-refractivity contribution >= 4 is 36.0 Å². The zero-order chi connectivity index (χ0) is 18.0. The zero-order valence-corrected chi connectivity index (χ0v) is 18.7. The van der Waals surface area contributed by atoms with Crippen molar-refractivity contribution in [2.75, 3.05) is 46.3 Å². The first-order chi connectivity index (χ1) is 11.3. The second kappa shape index (κ2) is 12.6. The van der Waals surface area contributed by atoms with E-state index in [-0.39, 0.29) is 24.0 Å². The highest BCUT2D eigenvalue weighted by Gasteiger charge is 2.16. The van der Waals surface area contributed by atoms with Gasteiger partial charge in [-0.05, 0) is 52.6 Å². The van der Waals surface area contributed by atoms with Gasteiger partial charge in [-0.15, -0.1) is 24.0 Å². The van der Waals surface area contributed by atoms with E-state index in [0.717, 1.165) is 19.0 Å². The van der Waals surface area contributed by atoms with Crippen molar-refractivity contribution in [3.8, 4) is 0 Å². The third-order valence-corrected chi connectivity index (χ3v) is 3.70. The minimum Gasteiger partial charge on any atom is -0.444 e. The molecule has 0 aromatic carbocycles. The van der Waals surface area contributed by atoms with Gasteiger partial charge < -0.3 is 25.6 Å². The van der Waals surface area contributed by atoms with E-state index in [2.05, 4.69) is 32.8 Å². The molecule has 0 bridgehead atoms. The van der Waals surface area contributed by atoms with Gasteiger partial charge in [0.05, 0.1) is 0 Å². The fourth-order valence-corrected chi connectivity index (χ4v) is 2.62. The van der Waals surface area contributed by atoms with Crippen molar-refractivity contribution in [3.05, 3.63) is 0 Å². The lowest BCUT2D eigenvalue weighted by Crippen LogP contribution is -2.44. The molecule has 1 heterocycles. The number of guanidine groups is 1. The summed E-state index contributed by atoms with van der Waals surface area (Å²) in [6, 6.07) is 0. The normalized spacial score (nSPS) is 16.8. The van der Waals surface area contributed by atoms with Crippen molar-refractivity contribution in [2.45, 2.75) is 46.1 Å². The molecule has 148 valence electrons. The van der Waals surface area contributed by atoms with Crippen molar-refractivity contribution in [1.82, 2.24) is 20.9 Å². The molecule has 3 N–H and O–H groups in total. The lowest BCUT2D eigenvalue weighted by atomic mass is 10.1. The second-order valence-corrected chi connectivity index (χ2v) is 7.42. The fourth-order valence-electron chi connectivity index (χ4n) is 2.62. The molecule has 0 aromatic rings. The standard InChI is InChI=1S/C17H35N5O2.HI/c1-14(13-22-10-6-7-11-22)12-21-15(18-5)19-8-9-20-16(23)24-17(2,3)4;/h14H,6-13H2,1-5H3,(H,20,23)(H2,18,19,21);1H. The Morgan fingerprint density at radius 1 is 1.16 bits per heavy atom. The van der Waals surface area contributed by atoms with Crippen molar-refractivity contribution in [1.29, 1.82) is 0 Å². The number of likely N-dealkylation sites (tertiary alicyclic amines) is 1. The lowest BCUT2D eigenvalue weighted by Gasteiger charge is -2.22. The van der Waals surface area contributed by atoms with E-state index in [0.29, 0.717) is 19.0 Å². The molecule has 1 fully saturated rings. The Hall–Kier alpha value is -0.770. The predicted molar refractivity (Wildman–Crippen MR) is 114 cm³/mol. The van der Waals surface area contributed by atoms with Gasteiger partial charge in [-0.2, -0.15) is 0 Å². The number of carbonyl (C=O) groups excluding carboxylic acids is 1. The molecule has 0 saturated carbocycles. The Morgan fingerprint density at radius 2 is 1.76 bits per heavy atom. The third-order valence-electron chi connectivity index (χ3n) is 3.70. The molecule has 1 aliphatic heterocycles. The number of amides is 1. The maximum Gasteiger partial charge on any atom is 0.407 e. The Labute approximate surface area is 169 Å². The minimum atomic E-state index is -0.472. The molecule has 0 radical (unpaired) electrons. The largest absolute Gasteiger partial charge is 0.444 e. The lowest BCUT2D eigenvalue weighted by molar-refractivity contribution is 0.0529. The van der Waals surface area contributed by atoms with E-state index in [9.17, 15) is 4.79 Å². The van der Waals surface area contributed by atoms with E-state index < -0.39 is 11.7 Å². The number of halogens is 1. The van der Waals surface area contributed by atoms with Crippen LogP contribution in [0.15, 0.2) is 4.99 Å². The van der Waals surface area contributed by atoms with E-state index in [1.165, 1.54) is 25.9 Å². The Kier molecular flexibility index (Phi) is 12.2. The summed E-state index contributed by atoms with van der Waals surface area (Å²) in [4.78, 5) is 18.3. The molecule has 1 rings (SSSR count). The van der Waals surface area contributed by atoms with Gasteiger partial charge in [0, 0.05) is 33.2 Å². The SMILES string of the molecule is CN=C(NCCNC(=O)OC(C)(C)C)NCC(C)CN1CCCC1.I.